The van der Waals surface area contributed by atoms with Crippen LogP contribution in [0.15, 0.2) is 48.6 Å². The van der Waals surface area contributed by atoms with E-state index in [1.807, 2.05) is 0 Å². The summed E-state index contributed by atoms with van der Waals surface area (Å²) < 4.78 is 47.6. The maximum absolute atomic E-state index is 13.1. The average molecular weight is 944 g/mol. The molecule has 0 bridgehead atoms. The maximum Gasteiger partial charge on any atom is 0.397 e. The van der Waals surface area contributed by atoms with Crippen molar-refractivity contribution in [2.75, 3.05) is 13.2 Å². The quantitative estimate of drug-likeness (QED) is 0.0173. The molecule has 13 nitrogen and oxygen atoms in total. The second-order valence-corrected chi connectivity index (χ2v) is 18.9. The van der Waals surface area contributed by atoms with Crippen LogP contribution >= 0.6 is 0 Å². The Kier molecular flexibility index (Phi) is 38.5. The molecule has 380 valence electrons. The molecular formula is C51H93NO12S. The Balaban J connectivity index is 2.58. The van der Waals surface area contributed by atoms with Gasteiger partial charge in [-0.25, -0.2) is 4.18 Å². The molecule has 1 aliphatic rings. The second kappa shape index (κ2) is 41.0. The number of allylic oxidation sites excluding steroid dienone is 7. The summed E-state index contributed by atoms with van der Waals surface area (Å²) in [5.74, 6) is -0.725. The predicted octanol–water partition coefficient (Wildman–Crippen LogP) is 9.80. The Morgan fingerprint density at radius 1 is 0.615 bits per heavy atom. The molecule has 65 heavy (non-hydrogen) atoms. The lowest BCUT2D eigenvalue weighted by molar-refractivity contribution is -0.298. The molecule has 0 aromatic heterocycles. The zero-order valence-electron chi connectivity index (χ0n) is 40.4. The fraction of sp³-hybridized carbons (Fsp3) is 0.824. The first-order valence-corrected chi connectivity index (χ1v) is 27.0. The number of carbonyl (C=O) groups is 1. The first kappa shape index (κ1) is 61.0. The van der Waals surface area contributed by atoms with Gasteiger partial charge in [-0.15, -0.1) is 0 Å². The van der Waals surface area contributed by atoms with E-state index in [2.05, 4.69) is 59.8 Å². The molecule has 1 heterocycles. The van der Waals surface area contributed by atoms with Gasteiger partial charge in [-0.3, -0.25) is 9.35 Å². The molecule has 1 fully saturated rings. The van der Waals surface area contributed by atoms with Gasteiger partial charge in [0.25, 0.3) is 0 Å². The number of aliphatic hydroxyl groups excluding tert-OH is 5. The zero-order valence-corrected chi connectivity index (χ0v) is 41.2. The molecule has 1 aliphatic heterocycles. The van der Waals surface area contributed by atoms with Gasteiger partial charge < -0.3 is 40.3 Å². The highest BCUT2D eigenvalue weighted by Gasteiger charge is 2.48. The monoisotopic (exact) mass is 944 g/mol. The van der Waals surface area contributed by atoms with Crippen molar-refractivity contribution in [3.8, 4) is 0 Å². The van der Waals surface area contributed by atoms with Gasteiger partial charge in [0.2, 0.25) is 5.91 Å². The summed E-state index contributed by atoms with van der Waals surface area (Å²) in [6.07, 6.45) is 39.0. The smallest absolute Gasteiger partial charge is 0.394 e. The number of amides is 1. The summed E-state index contributed by atoms with van der Waals surface area (Å²) in [5.41, 5.74) is 0. The van der Waals surface area contributed by atoms with Gasteiger partial charge in [0.05, 0.1) is 25.4 Å². The van der Waals surface area contributed by atoms with Gasteiger partial charge in [-0.1, -0.05) is 184 Å². The fourth-order valence-electron chi connectivity index (χ4n) is 7.84. The SMILES string of the molecule is CCCCCCCCCCC/C=C\CCCCCCC(O)C(=O)NC(COC1OC(CO)C(O)C(OS(=O)(=O)O)C1O)C(O)/C=C/CC/C=C/CC/C=C/CCCCCCCCCCC. The van der Waals surface area contributed by atoms with Crippen molar-refractivity contribution >= 4 is 16.3 Å². The van der Waals surface area contributed by atoms with Crippen LogP contribution in [0.4, 0.5) is 0 Å². The highest BCUT2D eigenvalue weighted by molar-refractivity contribution is 7.80. The summed E-state index contributed by atoms with van der Waals surface area (Å²) in [6, 6.07) is -1.15. The summed E-state index contributed by atoms with van der Waals surface area (Å²) >= 11 is 0. The van der Waals surface area contributed by atoms with Crippen LogP contribution in [0.1, 0.15) is 206 Å². The van der Waals surface area contributed by atoms with Crippen LogP contribution in [-0.2, 0) is 28.9 Å². The number of unbranched alkanes of at least 4 members (excludes halogenated alkanes) is 24. The maximum atomic E-state index is 13.1. The molecular weight excluding hydrogens is 851 g/mol. The van der Waals surface area contributed by atoms with Crippen molar-refractivity contribution in [2.24, 2.45) is 0 Å². The average Bonchev–Trinajstić information content (AvgIpc) is 3.28. The van der Waals surface area contributed by atoms with E-state index < -0.39 is 78.5 Å². The number of aliphatic hydroxyl groups is 5. The first-order valence-electron chi connectivity index (χ1n) is 25.6. The molecule has 0 spiro atoms. The number of ether oxygens (including phenoxy) is 2. The Hall–Kier alpha value is -1.98. The molecule has 0 aromatic carbocycles. The molecule has 14 heteroatoms. The third kappa shape index (κ3) is 33.2. The van der Waals surface area contributed by atoms with E-state index in [1.165, 1.54) is 122 Å². The van der Waals surface area contributed by atoms with Crippen molar-refractivity contribution in [3.63, 3.8) is 0 Å². The second-order valence-electron chi connectivity index (χ2n) is 17.9. The summed E-state index contributed by atoms with van der Waals surface area (Å²) in [5, 5.41) is 55.3. The number of carbonyl (C=O) groups excluding carboxylic acids is 1. The molecule has 0 aliphatic carbocycles. The molecule has 0 saturated carbocycles. The van der Waals surface area contributed by atoms with Crippen LogP contribution in [0.25, 0.3) is 0 Å². The molecule has 8 unspecified atom stereocenters. The van der Waals surface area contributed by atoms with Gasteiger partial charge in [-0.05, 0) is 70.6 Å². The summed E-state index contributed by atoms with van der Waals surface area (Å²) in [7, 11) is -5.13. The summed E-state index contributed by atoms with van der Waals surface area (Å²) in [6.45, 7) is 3.20. The minimum Gasteiger partial charge on any atom is -0.394 e. The van der Waals surface area contributed by atoms with Gasteiger partial charge in [0.1, 0.15) is 30.5 Å². The van der Waals surface area contributed by atoms with Gasteiger partial charge >= 0.3 is 10.4 Å². The number of nitrogens with one attached hydrogen (secondary N) is 1. The van der Waals surface area contributed by atoms with Crippen LogP contribution in [0.3, 0.4) is 0 Å². The standard InChI is InChI=1S/C51H93NO12S/c1-3-5-7-9-11-13-15-17-19-21-22-24-25-27-29-31-33-35-37-39-44(54)43(42-62-51-48(57)49(64-65(59,60)61)47(56)46(41-53)63-51)52-50(58)45(55)40-38-36-34-32-30-28-26-23-20-18-16-14-12-10-8-6-4-2/h22,24,26,28-29,31,37,39,43-49,51,53-57H,3-21,23,25,27,30,32-36,38,40-42H2,1-2H3,(H,52,58)(H,59,60,61)/b24-22+,28-26-,31-29+,39-37+. The van der Waals surface area contributed by atoms with Crippen molar-refractivity contribution in [2.45, 2.75) is 255 Å². The lowest BCUT2D eigenvalue weighted by Gasteiger charge is -2.41. The van der Waals surface area contributed by atoms with E-state index in [-0.39, 0.29) is 6.42 Å². The van der Waals surface area contributed by atoms with E-state index in [9.17, 15) is 43.3 Å². The van der Waals surface area contributed by atoms with Gasteiger partial charge in [-0.2, -0.15) is 8.42 Å². The lowest BCUT2D eigenvalue weighted by Crippen LogP contribution is -2.61. The molecule has 8 atom stereocenters. The van der Waals surface area contributed by atoms with E-state index in [0.717, 1.165) is 57.8 Å². The van der Waals surface area contributed by atoms with Gasteiger partial charge in [0, 0.05) is 0 Å². The minimum atomic E-state index is -5.13. The van der Waals surface area contributed by atoms with Crippen molar-refractivity contribution in [1.29, 1.82) is 0 Å². The van der Waals surface area contributed by atoms with Crippen LogP contribution in [-0.4, -0.2) is 107 Å². The van der Waals surface area contributed by atoms with E-state index in [4.69, 9.17) is 9.47 Å². The zero-order chi connectivity index (χ0) is 47.8. The van der Waals surface area contributed by atoms with Gasteiger partial charge in [0.15, 0.2) is 6.29 Å². The van der Waals surface area contributed by atoms with Crippen molar-refractivity contribution < 1.29 is 57.0 Å². The van der Waals surface area contributed by atoms with E-state index >= 15 is 0 Å². The summed E-state index contributed by atoms with van der Waals surface area (Å²) in [4.78, 5) is 13.1. The third-order valence-electron chi connectivity index (χ3n) is 11.9. The van der Waals surface area contributed by atoms with E-state index in [0.29, 0.717) is 12.8 Å². The topological polar surface area (TPSA) is 212 Å². The highest BCUT2D eigenvalue weighted by atomic mass is 32.3. The highest BCUT2D eigenvalue weighted by Crippen LogP contribution is 2.26. The molecule has 0 aromatic rings. The molecule has 1 amide bonds. The van der Waals surface area contributed by atoms with Crippen LogP contribution in [0, 0.1) is 0 Å². The predicted molar refractivity (Wildman–Crippen MR) is 260 cm³/mol. The molecule has 1 saturated heterocycles. The Labute approximate surface area is 394 Å². The Bertz CT molecular complexity index is 1360. The van der Waals surface area contributed by atoms with Crippen LogP contribution in [0.5, 0.6) is 0 Å². The third-order valence-corrected chi connectivity index (χ3v) is 12.4. The Morgan fingerprint density at radius 2 is 1.03 bits per heavy atom. The largest absolute Gasteiger partial charge is 0.397 e. The van der Waals surface area contributed by atoms with Crippen LogP contribution < -0.4 is 5.32 Å². The molecule has 7 N–H and O–H groups in total. The number of hydrogen-bond acceptors (Lipinski definition) is 11. The fourth-order valence-corrected chi connectivity index (χ4v) is 8.35. The number of hydrogen-bond donors (Lipinski definition) is 7. The molecule has 0 radical (unpaired) electrons. The molecule has 1 rings (SSSR count). The number of rotatable bonds is 43. The lowest BCUT2D eigenvalue weighted by atomic mass is 9.99. The normalized spacial score (nSPS) is 21.0. The van der Waals surface area contributed by atoms with E-state index in [1.54, 1.807) is 6.08 Å². The minimum absolute atomic E-state index is 0.219. The van der Waals surface area contributed by atoms with Crippen molar-refractivity contribution in [1.82, 2.24) is 5.32 Å². The van der Waals surface area contributed by atoms with Crippen molar-refractivity contribution in [3.05, 3.63) is 48.6 Å². The van der Waals surface area contributed by atoms with Crippen LogP contribution in [0.2, 0.25) is 0 Å². The first-order chi connectivity index (χ1) is 31.4. The Morgan fingerprint density at radius 3 is 1.48 bits per heavy atom.